The Balaban J connectivity index is 2.12. The molecule has 2 aliphatic rings. The quantitative estimate of drug-likeness (QED) is 0.805. The maximum atomic E-state index is 12.6. The van der Waals surface area contributed by atoms with Gasteiger partial charge in [-0.3, -0.25) is 10.1 Å². The minimum absolute atomic E-state index is 0.247. The van der Waals surface area contributed by atoms with Gasteiger partial charge in [0.15, 0.2) is 0 Å². The topological polar surface area (TPSA) is 32.3 Å². The number of amides is 1. The lowest BCUT2D eigenvalue weighted by molar-refractivity contribution is -0.133. The molecule has 1 aliphatic carbocycles. The summed E-state index contributed by atoms with van der Waals surface area (Å²) in [6, 6.07) is 0. The van der Waals surface area contributed by atoms with E-state index in [1.165, 1.54) is 12.8 Å². The Morgan fingerprint density at radius 3 is 2.56 bits per heavy atom. The van der Waals surface area contributed by atoms with Crippen LogP contribution in [0, 0.1) is 0 Å². The van der Waals surface area contributed by atoms with E-state index in [9.17, 15) is 4.79 Å². The number of hydrogen-bond acceptors (Lipinski definition) is 3. The molecule has 1 N–H and O–H groups in total. The van der Waals surface area contributed by atoms with E-state index in [0.29, 0.717) is 10.7 Å². The third kappa shape index (κ3) is 2.42. The molecule has 2 rings (SSSR count). The zero-order chi connectivity index (χ0) is 13.4. The molecule has 1 aliphatic heterocycles. The number of carbonyl (C=O) groups excluding carboxylic acids is 1. The Labute approximate surface area is 115 Å². The van der Waals surface area contributed by atoms with Gasteiger partial charge in [0.2, 0.25) is 5.91 Å². The highest BCUT2D eigenvalue weighted by atomic mass is 32.2. The molecule has 1 amide bonds. The molecular formula is C14H26N2OS. The van der Waals surface area contributed by atoms with Gasteiger partial charge < -0.3 is 4.90 Å². The van der Waals surface area contributed by atoms with Crippen molar-refractivity contribution < 1.29 is 4.79 Å². The summed E-state index contributed by atoms with van der Waals surface area (Å²) >= 11 is 1.93. The van der Waals surface area contributed by atoms with E-state index >= 15 is 0 Å². The molecule has 1 saturated carbocycles. The Hall–Kier alpha value is -0.220. The SMILES string of the molecule is CCCC1NC(C)(CC)C(=O)N1CC1(SC)CC1. The van der Waals surface area contributed by atoms with Gasteiger partial charge in [0.05, 0.1) is 11.7 Å². The largest absolute Gasteiger partial charge is 0.324 e. The van der Waals surface area contributed by atoms with Gasteiger partial charge in [-0.05, 0) is 38.9 Å². The van der Waals surface area contributed by atoms with Crippen LogP contribution in [0.25, 0.3) is 0 Å². The average molecular weight is 270 g/mol. The Morgan fingerprint density at radius 2 is 2.11 bits per heavy atom. The van der Waals surface area contributed by atoms with Gasteiger partial charge in [0, 0.05) is 11.3 Å². The first-order valence-corrected chi connectivity index (χ1v) is 8.36. The average Bonchev–Trinajstić information content (AvgIpc) is 3.10. The van der Waals surface area contributed by atoms with Gasteiger partial charge in [-0.1, -0.05) is 20.3 Å². The molecule has 2 unspecified atom stereocenters. The highest BCUT2D eigenvalue weighted by molar-refractivity contribution is 8.00. The van der Waals surface area contributed by atoms with Crippen LogP contribution in [0.5, 0.6) is 0 Å². The zero-order valence-corrected chi connectivity index (χ0v) is 12.9. The molecule has 0 bridgehead atoms. The van der Waals surface area contributed by atoms with Crippen molar-refractivity contribution in [2.24, 2.45) is 0 Å². The van der Waals surface area contributed by atoms with Crippen LogP contribution in [-0.2, 0) is 4.79 Å². The fraction of sp³-hybridized carbons (Fsp3) is 0.929. The number of thioether (sulfide) groups is 1. The van der Waals surface area contributed by atoms with Crippen LogP contribution in [-0.4, -0.2) is 40.1 Å². The van der Waals surface area contributed by atoms with Gasteiger partial charge in [0.25, 0.3) is 0 Å². The summed E-state index contributed by atoms with van der Waals surface area (Å²) in [5.41, 5.74) is -0.339. The van der Waals surface area contributed by atoms with Crippen molar-refractivity contribution in [2.75, 3.05) is 12.8 Å². The molecule has 4 heteroatoms. The molecule has 1 saturated heterocycles. The van der Waals surface area contributed by atoms with E-state index in [1.807, 2.05) is 11.8 Å². The van der Waals surface area contributed by atoms with E-state index < -0.39 is 0 Å². The summed E-state index contributed by atoms with van der Waals surface area (Å²) in [5, 5.41) is 3.56. The first kappa shape index (κ1) is 14.2. The Morgan fingerprint density at radius 1 is 1.44 bits per heavy atom. The van der Waals surface area contributed by atoms with E-state index in [0.717, 1.165) is 25.8 Å². The molecule has 2 fully saturated rings. The zero-order valence-electron chi connectivity index (χ0n) is 12.1. The summed E-state index contributed by atoms with van der Waals surface area (Å²) < 4.78 is 0.363. The van der Waals surface area contributed by atoms with Crippen LogP contribution in [0.3, 0.4) is 0 Å². The molecule has 18 heavy (non-hydrogen) atoms. The molecule has 0 spiro atoms. The second-order valence-electron chi connectivity index (χ2n) is 5.95. The minimum Gasteiger partial charge on any atom is -0.324 e. The normalized spacial score (nSPS) is 34.1. The van der Waals surface area contributed by atoms with Gasteiger partial charge in [-0.2, -0.15) is 11.8 Å². The molecule has 104 valence electrons. The molecule has 0 aromatic carbocycles. The van der Waals surface area contributed by atoms with E-state index in [1.54, 1.807) is 0 Å². The summed E-state index contributed by atoms with van der Waals surface area (Å²) in [4.78, 5) is 14.7. The lowest BCUT2D eigenvalue weighted by Crippen LogP contribution is -2.44. The lowest BCUT2D eigenvalue weighted by atomic mass is 9.99. The first-order chi connectivity index (χ1) is 8.50. The van der Waals surface area contributed by atoms with Crippen LogP contribution in [0.1, 0.15) is 52.9 Å². The van der Waals surface area contributed by atoms with Gasteiger partial charge in [-0.25, -0.2) is 0 Å². The van der Waals surface area contributed by atoms with Crippen molar-refractivity contribution in [3.63, 3.8) is 0 Å². The maximum absolute atomic E-state index is 12.6. The number of hydrogen-bond donors (Lipinski definition) is 1. The summed E-state index contributed by atoms with van der Waals surface area (Å²) in [5.74, 6) is 0.309. The minimum atomic E-state index is -0.339. The molecule has 0 aromatic heterocycles. The molecule has 3 nitrogen and oxygen atoms in total. The maximum Gasteiger partial charge on any atom is 0.243 e. The fourth-order valence-electron chi connectivity index (χ4n) is 2.78. The molecular weight excluding hydrogens is 244 g/mol. The highest BCUT2D eigenvalue weighted by Crippen LogP contribution is 2.48. The predicted octanol–water partition coefficient (Wildman–Crippen LogP) is 2.61. The van der Waals surface area contributed by atoms with Crippen molar-refractivity contribution in [3.8, 4) is 0 Å². The number of nitrogens with zero attached hydrogens (tertiary/aromatic N) is 1. The van der Waals surface area contributed by atoms with E-state index in [-0.39, 0.29) is 11.7 Å². The predicted molar refractivity (Wildman–Crippen MR) is 77.7 cm³/mol. The van der Waals surface area contributed by atoms with Crippen molar-refractivity contribution >= 4 is 17.7 Å². The van der Waals surface area contributed by atoms with Gasteiger partial charge >= 0.3 is 0 Å². The Bertz CT molecular complexity index is 330. The van der Waals surface area contributed by atoms with Gasteiger partial charge in [0.1, 0.15) is 0 Å². The molecule has 2 atom stereocenters. The number of rotatable bonds is 6. The van der Waals surface area contributed by atoms with E-state index in [4.69, 9.17) is 0 Å². The van der Waals surface area contributed by atoms with Crippen molar-refractivity contribution in [1.29, 1.82) is 0 Å². The van der Waals surface area contributed by atoms with Gasteiger partial charge in [-0.15, -0.1) is 0 Å². The molecule has 1 heterocycles. The van der Waals surface area contributed by atoms with Crippen LogP contribution >= 0.6 is 11.8 Å². The number of carbonyl (C=O) groups is 1. The summed E-state index contributed by atoms with van der Waals surface area (Å²) in [6.07, 6.45) is 8.00. The second-order valence-corrected chi connectivity index (χ2v) is 7.23. The van der Waals surface area contributed by atoms with Crippen molar-refractivity contribution in [1.82, 2.24) is 10.2 Å². The lowest BCUT2D eigenvalue weighted by Gasteiger charge is -2.28. The molecule has 0 aromatic rings. The van der Waals surface area contributed by atoms with Crippen LogP contribution in [0.4, 0.5) is 0 Å². The first-order valence-electron chi connectivity index (χ1n) is 7.14. The third-order valence-corrected chi connectivity index (χ3v) is 5.97. The summed E-state index contributed by atoms with van der Waals surface area (Å²) in [6.45, 7) is 7.27. The second kappa shape index (κ2) is 5.04. The van der Waals surface area contributed by atoms with Crippen molar-refractivity contribution in [2.45, 2.75) is 69.3 Å². The smallest absolute Gasteiger partial charge is 0.243 e. The fourth-order valence-corrected chi connectivity index (χ4v) is 3.56. The number of nitrogens with one attached hydrogen (secondary N) is 1. The summed E-state index contributed by atoms with van der Waals surface area (Å²) in [7, 11) is 0. The molecule has 0 radical (unpaired) electrons. The third-order valence-electron chi connectivity index (χ3n) is 4.56. The van der Waals surface area contributed by atoms with Crippen LogP contribution in [0.2, 0.25) is 0 Å². The highest BCUT2D eigenvalue weighted by Gasteiger charge is 2.51. The Kier molecular flexibility index (Phi) is 3.98. The van der Waals surface area contributed by atoms with Crippen LogP contribution < -0.4 is 5.32 Å². The van der Waals surface area contributed by atoms with E-state index in [2.05, 4.69) is 37.2 Å². The standard InChI is InChI=1S/C14H26N2OS/c1-5-7-11-15-13(3,6-2)12(17)16(11)10-14(18-4)8-9-14/h11,15H,5-10H2,1-4H3. The van der Waals surface area contributed by atoms with Crippen molar-refractivity contribution in [3.05, 3.63) is 0 Å². The van der Waals surface area contributed by atoms with Crippen LogP contribution in [0.15, 0.2) is 0 Å². The monoisotopic (exact) mass is 270 g/mol.